The molecule has 0 aliphatic carbocycles. The van der Waals surface area contributed by atoms with Crippen molar-refractivity contribution in [3.8, 4) is 0 Å². The van der Waals surface area contributed by atoms with E-state index in [1.165, 1.54) is 0 Å². The van der Waals surface area contributed by atoms with Crippen LogP contribution in [0.3, 0.4) is 0 Å². The Balaban J connectivity index is 2.50. The lowest BCUT2D eigenvalue weighted by molar-refractivity contribution is -0.132. The predicted molar refractivity (Wildman–Crippen MR) is 64.1 cm³/mol. The van der Waals surface area contributed by atoms with E-state index in [9.17, 15) is 4.79 Å². The number of aliphatic hydroxyl groups is 1. The van der Waals surface area contributed by atoms with E-state index in [1.807, 2.05) is 20.8 Å². The molecular weight excluding hydrogens is 204 g/mol. The molecule has 16 heavy (non-hydrogen) atoms. The highest BCUT2D eigenvalue weighted by Crippen LogP contribution is 2.28. The molecule has 1 amide bonds. The molecule has 4 nitrogen and oxygen atoms in total. The lowest BCUT2D eigenvalue weighted by Crippen LogP contribution is -2.49. The van der Waals surface area contributed by atoms with Gasteiger partial charge in [-0.15, -0.1) is 0 Å². The molecule has 0 saturated carbocycles. The van der Waals surface area contributed by atoms with E-state index in [1.54, 1.807) is 0 Å². The van der Waals surface area contributed by atoms with Gasteiger partial charge < -0.3 is 15.7 Å². The summed E-state index contributed by atoms with van der Waals surface area (Å²) in [5.41, 5.74) is -0.241. The average molecular weight is 228 g/mol. The van der Waals surface area contributed by atoms with Crippen LogP contribution in [-0.2, 0) is 4.79 Å². The number of amides is 1. The van der Waals surface area contributed by atoms with Crippen molar-refractivity contribution in [3.63, 3.8) is 0 Å². The van der Waals surface area contributed by atoms with Gasteiger partial charge in [0.15, 0.2) is 0 Å². The third-order valence-corrected chi connectivity index (χ3v) is 3.76. The fraction of sp³-hybridized carbons (Fsp3) is 0.917. The van der Waals surface area contributed by atoms with Crippen molar-refractivity contribution in [2.45, 2.75) is 39.7 Å². The molecule has 0 aromatic rings. The minimum absolute atomic E-state index is 0.0317. The van der Waals surface area contributed by atoms with Crippen LogP contribution in [0.4, 0.5) is 0 Å². The number of aliphatic hydroxyl groups excluding tert-OH is 1. The van der Waals surface area contributed by atoms with Crippen LogP contribution in [0.1, 0.15) is 33.6 Å². The Labute approximate surface area is 97.8 Å². The van der Waals surface area contributed by atoms with Crippen LogP contribution >= 0.6 is 0 Å². The fourth-order valence-electron chi connectivity index (χ4n) is 1.89. The SMILES string of the molecule is CC(CO)C(C)NC(=O)C1(C)CCNCC1. The normalized spacial score (nSPS) is 23.5. The summed E-state index contributed by atoms with van der Waals surface area (Å²) in [6.07, 6.45) is 1.78. The van der Waals surface area contributed by atoms with Crippen molar-refractivity contribution in [2.24, 2.45) is 11.3 Å². The van der Waals surface area contributed by atoms with Crippen molar-refractivity contribution in [3.05, 3.63) is 0 Å². The molecule has 1 rings (SSSR count). The van der Waals surface area contributed by atoms with Gasteiger partial charge in [0.05, 0.1) is 0 Å². The summed E-state index contributed by atoms with van der Waals surface area (Å²) in [4.78, 5) is 12.1. The Bertz CT molecular complexity index is 237. The van der Waals surface area contributed by atoms with Crippen LogP contribution in [0.25, 0.3) is 0 Å². The molecule has 2 unspecified atom stereocenters. The summed E-state index contributed by atoms with van der Waals surface area (Å²) in [5, 5.41) is 15.3. The van der Waals surface area contributed by atoms with Gasteiger partial charge in [0.1, 0.15) is 0 Å². The molecule has 0 bridgehead atoms. The van der Waals surface area contributed by atoms with E-state index < -0.39 is 0 Å². The lowest BCUT2D eigenvalue weighted by atomic mass is 9.80. The second-order valence-corrected chi connectivity index (χ2v) is 5.23. The minimum Gasteiger partial charge on any atom is -0.396 e. The molecule has 0 aromatic carbocycles. The first-order valence-electron chi connectivity index (χ1n) is 6.12. The number of carbonyl (C=O) groups excluding carboxylic acids is 1. The Morgan fingerprint density at radius 1 is 1.44 bits per heavy atom. The van der Waals surface area contributed by atoms with Crippen LogP contribution in [0.5, 0.6) is 0 Å². The van der Waals surface area contributed by atoms with E-state index >= 15 is 0 Å². The largest absolute Gasteiger partial charge is 0.396 e. The van der Waals surface area contributed by atoms with E-state index in [0.29, 0.717) is 0 Å². The Hall–Kier alpha value is -0.610. The third-order valence-electron chi connectivity index (χ3n) is 3.76. The van der Waals surface area contributed by atoms with Crippen molar-refractivity contribution < 1.29 is 9.90 Å². The summed E-state index contributed by atoms with van der Waals surface area (Å²) in [5.74, 6) is 0.232. The van der Waals surface area contributed by atoms with E-state index in [4.69, 9.17) is 5.11 Å². The van der Waals surface area contributed by atoms with Gasteiger partial charge in [-0.05, 0) is 38.8 Å². The van der Waals surface area contributed by atoms with Crippen LogP contribution in [0, 0.1) is 11.3 Å². The first kappa shape index (κ1) is 13.5. The zero-order chi connectivity index (χ0) is 12.2. The molecule has 3 N–H and O–H groups in total. The summed E-state index contributed by atoms with van der Waals surface area (Å²) >= 11 is 0. The zero-order valence-corrected chi connectivity index (χ0v) is 10.5. The highest BCUT2D eigenvalue weighted by atomic mass is 16.3. The standard InChI is InChI=1S/C12H24N2O2/c1-9(8-15)10(2)14-11(16)12(3)4-6-13-7-5-12/h9-10,13,15H,4-8H2,1-3H3,(H,14,16). The maximum absolute atomic E-state index is 12.1. The molecule has 1 aliphatic heterocycles. The van der Waals surface area contributed by atoms with E-state index in [-0.39, 0.29) is 29.9 Å². The maximum Gasteiger partial charge on any atom is 0.226 e. The topological polar surface area (TPSA) is 61.4 Å². The van der Waals surface area contributed by atoms with Crippen molar-refractivity contribution >= 4 is 5.91 Å². The highest BCUT2D eigenvalue weighted by Gasteiger charge is 2.35. The molecule has 1 aliphatic rings. The second kappa shape index (κ2) is 5.64. The summed E-state index contributed by atoms with van der Waals surface area (Å²) in [7, 11) is 0. The van der Waals surface area contributed by atoms with Crippen LogP contribution in [-0.4, -0.2) is 36.8 Å². The molecule has 1 fully saturated rings. The summed E-state index contributed by atoms with van der Waals surface area (Å²) in [6, 6.07) is 0.0317. The first-order valence-corrected chi connectivity index (χ1v) is 6.12. The Morgan fingerprint density at radius 3 is 2.50 bits per heavy atom. The predicted octanol–water partition coefficient (Wildman–Crippen LogP) is 0.509. The van der Waals surface area contributed by atoms with Crippen molar-refractivity contribution in [1.29, 1.82) is 0 Å². The Morgan fingerprint density at radius 2 is 2.00 bits per heavy atom. The van der Waals surface area contributed by atoms with Crippen molar-refractivity contribution in [1.82, 2.24) is 10.6 Å². The van der Waals surface area contributed by atoms with Crippen molar-refractivity contribution in [2.75, 3.05) is 19.7 Å². The minimum atomic E-state index is -0.241. The van der Waals surface area contributed by atoms with Crippen LogP contribution in [0.15, 0.2) is 0 Å². The molecule has 0 spiro atoms. The molecule has 1 heterocycles. The Kier molecular flexibility index (Phi) is 4.74. The molecule has 1 saturated heterocycles. The number of carbonyl (C=O) groups is 1. The van der Waals surface area contributed by atoms with Gasteiger partial charge in [0.25, 0.3) is 0 Å². The molecule has 2 atom stereocenters. The molecule has 0 aromatic heterocycles. The zero-order valence-electron chi connectivity index (χ0n) is 10.5. The second-order valence-electron chi connectivity index (χ2n) is 5.23. The van der Waals surface area contributed by atoms with Crippen LogP contribution in [0.2, 0.25) is 0 Å². The monoisotopic (exact) mass is 228 g/mol. The molecule has 94 valence electrons. The number of hydrogen-bond donors (Lipinski definition) is 3. The summed E-state index contributed by atoms with van der Waals surface area (Å²) < 4.78 is 0. The lowest BCUT2D eigenvalue weighted by Gasteiger charge is -2.34. The van der Waals surface area contributed by atoms with E-state index in [2.05, 4.69) is 10.6 Å². The van der Waals surface area contributed by atoms with Gasteiger partial charge in [0.2, 0.25) is 5.91 Å². The van der Waals surface area contributed by atoms with Gasteiger partial charge in [-0.25, -0.2) is 0 Å². The number of hydrogen-bond acceptors (Lipinski definition) is 3. The van der Waals surface area contributed by atoms with Gasteiger partial charge in [-0.1, -0.05) is 13.8 Å². The van der Waals surface area contributed by atoms with E-state index in [0.717, 1.165) is 25.9 Å². The molecule has 4 heteroatoms. The number of piperidine rings is 1. The van der Waals surface area contributed by atoms with Crippen LogP contribution < -0.4 is 10.6 Å². The highest BCUT2D eigenvalue weighted by molar-refractivity contribution is 5.82. The van der Waals surface area contributed by atoms with Gasteiger partial charge in [-0.2, -0.15) is 0 Å². The van der Waals surface area contributed by atoms with Gasteiger partial charge in [0, 0.05) is 18.1 Å². The maximum atomic E-state index is 12.1. The third kappa shape index (κ3) is 3.19. The summed E-state index contributed by atoms with van der Waals surface area (Å²) in [6.45, 7) is 7.85. The van der Waals surface area contributed by atoms with Gasteiger partial charge in [-0.3, -0.25) is 4.79 Å². The smallest absolute Gasteiger partial charge is 0.226 e. The van der Waals surface area contributed by atoms with Gasteiger partial charge >= 0.3 is 0 Å². The first-order chi connectivity index (χ1) is 7.49. The molecule has 0 radical (unpaired) electrons. The number of nitrogens with one attached hydrogen (secondary N) is 2. The fourth-order valence-corrected chi connectivity index (χ4v) is 1.89. The quantitative estimate of drug-likeness (QED) is 0.657. The molecular formula is C12H24N2O2. The number of rotatable bonds is 4. The average Bonchev–Trinajstić information content (AvgIpc) is 2.28.